The molecule has 1 saturated heterocycles. The molecule has 0 aromatic heterocycles. The second kappa shape index (κ2) is 7.91. The number of halogens is 3. The fourth-order valence-corrected chi connectivity index (χ4v) is 2.72. The molecule has 2 nitrogen and oxygen atoms in total. The van der Waals surface area contributed by atoms with Crippen LogP contribution in [0.15, 0.2) is 24.3 Å². The van der Waals surface area contributed by atoms with Gasteiger partial charge in [0.2, 0.25) is 0 Å². The van der Waals surface area contributed by atoms with E-state index in [-0.39, 0.29) is 24.0 Å². The molecular weight excluding hydrogens is 282 g/mol. The maximum absolute atomic E-state index is 12.6. The van der Waals surface area contributed by atoms with Crippen LogP contribution < -0.4 is 5.73 Å². The molecule has 0 bridgehead atoms. The van der Waals surface area contributed by atoms with Crippen LogP contribution in [0.2, 0.25) is 0 Å². The number of benzene rings is 1. The quantitative estimate of drug-likeness (QED) is 0.921. The standard InChI is InChI=1S/C15H22F2N2.ClH/c1-11(18)13-5-7-19(8-6-13)10-12-3-2-4-14(9-12)15(16)17;/h2-4,9,11,13,15H,5-8,10,18H2,1H3;1H. The van der Waals surface area contributed by atoms with Crippen molar-refractivity contribution >= 4 is 12.4 Å². The van der Waals surface area contributed by atoms with Crippen LogP contribution in [0.1, 0.15) is 37.3 Å². The Hall–Kier alpha value is -0.710. The van der Waals surface area contributed by atoms with E-state index in [1.807, 2.05) is 6.07 Å². The first kappa shape index (κ1) is 17.3. The number of likely N-dealkylation sites (tertiary alicyclic amines) is 1. The normalized spacial score (nSPS) is 18.9. The van der Waals surface area contributed by atoms with Crippen LogP contribution in [-0.4, -0.2) is 24.0 Å². The predicted octanol–water partition coefficient (Wildman–Crippen LogP) is 3.61. The van der Waals surface area contributed by atoms with Gasteiger partial charge in [-0.1, -0.05) is 18.2 Å². The highest BCUT2D eigenvalue weighted by atomic mass is 35.5. The summed E-state index contributed by atoms with van der Waals surface area (Å²) in [5.74, 6) is 0.601. The molecule has 2 N–H and O–H groups in total. The average Bonchev–Trinajstić information content (AvgIpc) is 2.39. The molecule has 0 radical (unpaired) electrons. The van der Waals surface area contributed by atoms with Crippen molar-refractivity contribution in [2.24, 2.45) is 11.7 Å². The summed E-state index contributed by atoms with van der Waals surface area (Å²) in [6, 6.07) is 6.98. The van der Waals surface area contributed by atoms with Crippen LogP contribution in [0, 0.1) is 5.92 Å². The Morgan fingerprint density at radius 1 is 1.30 bits per heavy atom. The number of nitrogens with two attached hydrogens (primary N) is 1. The molecule has 1 aliphatic heterocycles. The molecule has 1 aromatic rings. The third-order valence-corrected chi connectivity index (χ3v) is 3.99. The third-order valence-electron chi connectivity index (χ3n) is 3.99. The smallest absolute Gasteiger partial charge is 0.263 e. The molecule has 0 spiro atoms. The van der Waals surface area contributed by atoms with Gasteiger partial charge in [-0.15, -0.1) is 12.4 Å². The average molecular weight is 305 g/mol. The van der Waals surface area contributed by atoms with Gasteiger partial charge in [0.1, 0.15) is 0 Å². The van der Waals surface area contributed by atoms with Gasteiger partial charge in [0.25, 0.3) is 6.43 Å². The van der Waals surface area contributed by atoms with Crippen molar-refractivity contribution in [2.45, 2.75) is 38.8 Å². The highest BCUT2D eigenvalue weighted by Gasteiger charge is 2.21. The SMILES string of the molecule is CC(N)C1CCN(Cc2cccc(C(F)F)c2)CC1.Cl. The van der Waals surface area contributed by atoms with E-state index in [4.69, 9.17) is 5.73 Å². The van der Waals surface area contributed by atoms with Crippen LogP contribution in [0.25, 0.3) is 0 Å². The van der Waals surface area contributed by atoms with Crippen LogP contribution in [-0.2, 0) is 6.54 Å². The molecule has 0 saturated carbocycles. The van der Waals surface area contributed by atoms with Crippen molar-refractivity contribution < 1.29 is 8.78 Å². The van der Waals surface area contributed by atoms with E-state index in [0.29, 0.717) is 5.92 Å². The van der Waals surface area contributed by atoms with E-state index < -0.39 is 6.43 Å². The fourth-order valence-electron chi connectivity index (χ4n) is 2.72. The summed E-state index contributed by atoms with van der Waals surface area (Å²) in [4.78, 5) is 2.32. The maximum atomic E-state index is 12.6. The Balaban J connectivity index is 0.00000200. The molecule has 1 aliphatic rings. The zero-order valence-electron chi connectivity index (χ0n) is 11.8. The van der Waals surface area contributed by atoms with Crippen LogP contribution in [0.4, 0.5) is 8.78 Å². The first-order valence-corrected chi connectivity index (χ1v) is 6.91. The lowest BCUT2D eigenvalue weighted by molar-refractivity contribution is 0.150. The number of hydrogen-bond donors (Lipinski definition) is 1. The Morgan fingerprint density at radius 3 is 2.50 bits per heavy atom. The molecule has 5 heteroatoms. The van der Waals surface area contributed by atoms with Crippen molar-refractivity contribution in [3.8, 4) is 0 Å². The van der Waals surface area contributed by atoms with E-state index in [9.17, 15) is 8.78 Å². The van der Waals surface area contributed by atoms with Crippen molar-refractivity contribution in [3.63, 3.8) is 0 Å². The molecule has 1 fully saturated rings. The summed E-state index contributed by atoms with van der Waals surface area (Å²) in [6.07, 6.45) is -0.179. The summed E-state index contributed by atoms with van der Waals surface area (Å²) in [6.45, 7) is 4.83. The van der Waals surface area contributed by atoms with Gasteiger partial charge in [-0.3, -0.25) is 4.90 Å². The van der Waals surface area contributed by atoms with E-state index in [2.05, 4.69) is 11.8 Å². The van der Waals surface area contributed by atoms with Gasteiger partial charge in [0.05, 0.1) is 0 Å². The predicted molar refractivity (Wildman–Crippen MR) is 80.3 cm³/mol. The van der Waals surface area contributed by atoms with Crippen molar-refractivity contribution in [2.75, 3.05) is 13.1 Å². The molecule has 1 heterocycles. The highest BCUT2D eigenvalue weighted by Crippen LogP contribution is 2.23. The number of nitrogens with zero attached hydrogens (tertiary/aromatic N) is 1. The Morgan fingerprint density at radius 2 is 1.95 bits per heavy atom. The monoisotopic (exact) mass is 304 g/mol. The molecule has 1 aromatic carbocycles. The lowest BCUT2D eigenvalue weighted by Gasteiger charge is -2.33. The van der Waals surface area contributed by atoms with Gasteiger partial charge in [-0.25, -0.2) is 8.78 Å². The van der Waals surface area contributed by atoms with E-state index in [1.54, 1.807) is 12.1 Å². The van der Waals surface area contributed by atoms with Crippen molar-refractivity contribution in [1.29, 1.82) is 0 Å². The summed E-state index contributed by atoms with van der Waals surface area (Å²) < 4.78 is 25.3. The highest BCUT2D eigenvalue weighted by molar-refractivity contribution is 5.85. The molecule has 114 valence electrons. The first-order valence-electron chi connectivity index (χ1n) is 6.91. The number of piperidine rings is 1. The van der Waals surface area contributed by atoms with Gasteiger partial charge in [0, 0.05) is 18.2 Å². The van der Waals surface area contributed by atoms with Gasteiger partial charge in [-0.2, -0.15) is 0 Å². The molecule has 20 heavy (non-hydrogen) atoms. The lowest BCUT2D eigenvalue weighted by atomic mass is 9.91. The van der Waals surface area contributed by atoms with E-state index >= 15 is 0 Å². The molecular formula is C15H23ClF2N2. The minimum absolute atomic E-state index is 0. The maximum Gasteiger partial charge on any atom is 0.263 e. The molecule has 0 aliphatic carbocycles. The summed E-state index contributed by atoms with van der Waals surface area (Å²) in [5.41, 5.74) is 7.00. The second-order valence-electron chi connectivity index (χ2n) is 5.52. The third kappa shape index (κ3) is 4.69. The van der Waals surface area contributed by atoms with Gasteiger partial charge >= 0.3 is 0 Å². The summed E-state index contributed by atoms with van der Waals surface area (Å²) in [7, 11) is 0. The zero-order chi connectivity index (χ0) is 13.8. The van der Waals surface area contributed by atoms with Crippen LogP contribution in [0.3, 0.4) is 0 Å². The minimum Gasteiger partial charge on any atom is -0.328 e. The van der Waals surface area contributed by atoms with Gasteiger partial charge in [0.15, 0.2) is 0 Å². The van der Waals surface area contributed by atoms with Crippen molar-refractivity contribution in [3.05, 3.63) is 35.4 Å². The summed E-state index contributed by atoms with van der Waals surface area (Å²) >= 11 is 0. The van der Waals surface area contributed by atoms with E-state index in [1.165, 1.54) is 6.07 Å². The van der Waals surface area contributed by atoms with Gasteiger partial charge < -0.3 is 5.73 Å². The Bertz CT molecular complexity index is 405. The topological polar surface area (TPSA) is 29.3 Å². The number of alkyl halides is 2. The fraction of sp³-hybridized carbons (Fsp3) is 0.600. The molecule has 1 atom stereocenters. The number of rotatable bonds is 4. The van der Waals surface area contributed by atoms with E-state index in [0.717, 1.165) is 38.0 Å². The largest absolute Gasteiger partial charge is 0.328 e. The molecule has 2 rings (SSSR count). The lowest BCUT2D eigenvalue weighted by Crippen LogP contribution is -2.39. The van der Waals surface area contributed by atoms with Crippen molar-refractivity contribution in [1.82, 2.24) is 4.90 Å². The minimum atomic E-state index is -2.39. The van der Waals surface area contributed by atoms with Crippen LogP contribution in [0.5, 0.6) is 0 Å². The second-order valence-corrected chi connectivity index (χ2v) is 5.52. The Kier molecular flexibility index (Phi) is 6.86. The summed E-state index contributed by atoms with van der Waals surface area (Å²) in [5, 5.41) is 0. The number of hydrogen-bond acceptors (Lipinski definition) is 2. The Labute approximate surface area is 125 Å². The zero-order valence-corrected chi connectivity index (χ0v) is 12.6. The molecule has 1 unspecified atom stereocenters. The van der Waals surface area contributed by atoms with Gasteiger partial charge in [-0.05, 0) is 50.4 Å². The van der Waals surface area contributed by atoms with Crippen LogP contribution >= 0.6 is 12.4 Å². The first-order chi connectivity index (χ1) is 9.06. The molecule has 0 amide bonds.